The molecule has 0 saturated heterocycles. The van der Waals surface area contributed by atoms with Crippen molar-refractivity contribution in [3.63, 3.8) is 0 Å². The maximum atomic E-state index is 11.1. The lowest BCUT2D eigenvalue weighted by Gasteiger charge is -2.11. The van der Waals surface area contributed by atoms with Gasteiger partial charge in [0.25, 0.3) is 0 Å². The highest BCUT2D eigenvalue weighted by atomic mass is 16.3. The van der Waals surface area contributed by atoms with Crippen molar-refractivity contribution >= 4 is 5.69 Å². The van der Waals surface area contributed by atoms with Gasteiger partial charge in [0.05, 0.1) is 0 Å². The van der Waals surface area contributed by atoms with Gasteiger partial charge in [0.15, 0.2) is 0 Å². The smallest absolute Gasteiger partial charge is 0.123 e. The molecular weight excluding hydrogens is 262 g/mol. The van der Waals surface area contributed by atoms with Crippen LogP contribution in [0.2, 0.25) is 0 Å². The molecule has 0 aliphatic carbocycles. The standard InChI is InChI=1S/C18H21NO2/c1-3-5-13-7-9-17(19-21)15(11-13)16-12-14(6-4-2)8-10-18(16)20/h7-12,20H,3-6H2,1-2H3. The first-order valence-electron chi connectivity index (χ1n) is 7.48. The first-order chi connectivity index (χ1) is 10.2. The molecule has 2 rings (SSSR count). The minimum atomic E-state index is 0.188. The van der Waals surface area contributed by atoms with Gasteiger partial charge in [-0.25, -0.2) is 0 Å². The fourth-order valence-electron chi connectivity index (χ4n) is 2.57. The van der Waals surface area contributed by atoms with Crippen LogP contribution < -0.4 is 0 Å². The zero-order chi connectivity index (χ0) is 15.2. The van der Waals surface area contributed by atoms with Crippen molar-refractivity contribution in [1.82, 2.24) is 0 Å². The molecule has 0 aliphatic heterocycles. The van der Waals surface area contributed by atoms with E-state index in [4.69, 9.17) is 0 Å². The largest absolute Gasteiger partial charge is 0.507 e. The molecule has 1 N–H and O–H groups in total. The van der Waals surface area contributed by atoms with Gasteiger partial charge in [0.2, 0.25) is 0 Å². The Bertz CT molecular complexity index is 635. The topological polar surface area (TPSA) is 49.7 Å². The Kier molecular flexibility index (Phi) is 5.09. The summed E-state index contributed by atoms with van der Waals surface area (Å²) in [6.07, 6.45) is 3.97. The maximum absolute atomic E-state index is 11.1. The maximum Gasteiger partial charge on any atom is 0.123 e. The third kappa shape index (κ3) is 3.48. The highest BCUT2D eigenvalue weighted by molar-refractivity contribution is 5.80. The van der Waals surface area contributed by atoms with Crippen LogP contribution in [0.3, 0.4) is 0 Å². The molecule has 0 atom stereocenters. The van der Waals surface area contributed by atoms with E-state index < -0.39 is 0 Å². The Hall–Kier alpha value is -2.16. The molecule has 0 saturated carbocycles. The van der Waals surface area contributed by atoms with Gasteiger partial charge in [0, 0.05) is 11.1 Å². The summed E-state index contributed by atoms with van der Waals surface area (Å²) in [5.41, 5.74) is 4.09. The van der Waals surface area contributed by atoms with Crippen LogP contribution >= 0.6 is 0 Å². The molecule has 0 heterocycles. The van der Waals surface area contributed by atoms with Crippen LogP contribution in [-0.2, 0) is 12.8 Å². The fourth-order valence-corrected chi connectivity index (χ4v) is 2.57. The van der Waals surface area contributed by atoms with Crippen molar-refractivity contribution in [2.24, 2.45) is 5.18 Å². The number of benzene rings is 2. The Balaban J connectivity index is 2.55. The molecular formula is C18H21NO2. The lowest BCUT2D eigenvalue weighted by Crippen LogP contribution is -1.89. The van der Waals surface area contributed by atoms with Crippen LogP contribution in [0.25, 0.3) is 11.1 Å². The first-order valence-corrected chi connectivity index (χ1v) is 7.48. The molecule has 2 aromatic carbocycles. The highest BCUT2D eigenvalue weighted by Crippen LogP contribution is 2.37. The van der Waals surface area contributed by atoms with E-state index in [9.17, 15) is 10.0 Å². The summed E-state index contributed by atoms with van der Waals surface area (Å²) in [6.45, 7) is 4.23. The number of nitroso groups, excluding NO2 is 1. The van der Waals surface area contributed by atoms with Crippen LogP contribution in [0.1, 0.15) is 37.8 Å². The van der Waals surface area contributed by atoms with Gasteiger partial charge < -0.3 is 5.11 Å². The molecule has 0 unspecified atom stereocenters. The van der Waals surface area contributed by atoms with Gasteiger partial charge in [-0.2, -0.15) is 0 Å². The third-order valence-electron chi connectivity index (χ3n) is 3.59. The second-order valence-electron chi connectivity index (χ2n) is 5.29. The third-order valence-corrected chi connectivity index (χ3v) is 3.59. The summed E-state index contributed by atoms with van der Waals surface area (Å²) < 4.78 is 0. The molecule has 0 radical (unpaired) electrons. The summed E-state index contributed by atoms with van der Waals surface area (Å²) in [5.74, 6) is 0.188. The molecule has 0 bridgehead atoms. The van der Waals surface area contributed by atoms with Gasteiger partial charge in [0.1, 0.15) is 11.4 Å². The molecule has 0 fully saturated rings. The SMILES string of the molecule is CCCc1ccc(O)c(-c2cc(CCC)ccc2N=O)c1. The predicted octanol–water partition coefficient (Wildman–Crippen LogP) is 5.36. The van der Waals surface area contributed by atoms with E-state index >= 15 is 0 Å². The van der Waals surface area contributed by atoms with Gasteiger partial charge in [-0.05, 0) is 53.4 Å². The minimum Gasteiger partial charge on any atom is -0.507 e. The summed E-state index contributed by atoms with van der Waals surface area (Å²) in [7, 11) is 0. The zero-order valence-corrected chi connectivity index (χ0v) is 12.6. The minimum absolute atomic E-state index is 0.188. The van der Waals surface area contributed by atoms with Crippen LogP contribution in [0, 0.1) is 4.91 Å². The Morgan fingerprint density at radius 1 is 0.905 bits per heavy atom. The van der Waals surface area contributed by atoms with Crippen molar-refractivity contribution in [2.75, 3.05) is 0 Å². The lowest BCUT2D eigenvalue weighted by molar-refractivity contribution is 0.477. The van der Waals surface area contributed by atoms with Crippen LogP contribution in [0.4, 0.5) is 5.69 Å². The molecule has 21 heavy (non-hydrogen) atoms. The van der Waals surface area contributed by atoms with Crippen molar-refractivity contribution in [3.8, 4) is 16.9 Å². The number of phenols is 1. The summed E-state index contributed by atoms with van der Waals surface area (Å²) in [5, 5.41) is 13.3. The van der Waals surface area contributed by atoms with Crippen LogP contribution in [0.15, 0.2) is 41.6 Å². The van der Waals surface area contributed by atoms with E-state index in [1.54, 1.807) is 12.1 Å². The average molecular weight is 283 g/mol. The second kappa shape index (κ2) is 7.02. The summed E-state index contributed by atoms with van der Waals surface area (Å²) in [6, 6.07) is 11.2. The molecule has 0 amide bonds. The Morgan fingerprint density at radius 2 is 1.48 bits per heavy atom. The predicted molar refractivity (Wildman–Crippen MR) is 87.0 cm³/mol. The molecule has 3 nitrogen and oxygen atoms in total. The number of hydrogen-bond donors (Lipinski definition) is 1. The van der Waals surface area contributed by atoms with Gasteiger partial charge in [-0.1, -0.05) is 38.8 Å². The first kappa shape index (κ1) is 15.2. The van der Waals surface area contributed by atoms with Gasteiger partial charge in [-0.3, -0.25) is 0 Å². The molecule has 0 spiro atoms. The number of rotatable bonds is 6. The summed E-state index contributed by atoms with van der Waals surface area (Å²) in [4.78, 5) is 11.1. The lowest BCUT2D eigenvalue weighted by atomic mass is 9.96. The normalized spacial score (nSPS) is 10.6. The van der Waals surface area contributed by atoms with E-state index in [1.807, 2.05) is 24.3 Å². The number of nitrogens with zero attached hydrogens (tertiary/aromatic N) is 1. The van der Waals surface area contributed by atoms with Gasteiger partial charge in [-0.15, -0.1) is 4.91 Å². The van der Waals surface area contributed by atoms with Crippen LogP contribution in [0.5, 0.6) is 5.75 Å². The highest BCUT2D eigenvalue weighted by Gasteiger charge is 2.12. The quantitative estimate of drug-likeness (QED) is 0.725. The van der Waals surface area contributed by atoms with E-state index in [0.717, 1.165) is 36.8 Å². The zero-order valence-electron chi connectivity index (χ0n) is 12.6. The molecule has 0 aliphatic rings. The molecule has 3 heteroatoms. The molecule has 110 valence electrons. The van der Waals surface area contributed by atoms with E-state index in [1.165, 1.54) is 0 Å². The average Bonchev–Trinajstić information content (AvgIpc) is 2.50. The summed E-state index contributed by atoms with van der Waals surface area (Å²) >= 11 is 0. The number of phenolic OH excluding ortho intramolecular Hbond substituents is 1. The Labute approximate surface area is 125 Å². The monoisotopic (exact) mass is 283 g/mol. The van der Waals surface area contributed by atoms with Crippen LogP contribution in [-0.4, -0.2) is 5.11 Å². The second-order valence-corrected chi connectivity index (χ2v) is 5.29. The van der Waals surface area contributed by atoms with Crippen molar-refractivity contribution in [1.29, 1.82) is 0 Å². The number of hydrogen-bond acceptors (Lipinski definition) is 3. The van der Waals surface area contributed by atoms with E-state index in [0.29, 0.717) is 16.8 Å². The number of aromatic hydroxyl groups is 1. The fraction of sp³-hybridized carbons (Fsp3) is 0.333. The van der Waals surface area contributed by atoms with E-state index in [-0.39, 0.29) is 5.75 Å². The van der Waals surface area contributed by atoms with Crippen molar-refractivity contribution in [3.05, 3.63) is 52.4 Å². The Morgan fingerprint density at radius 3 is 2.05 bits per heavy atom. The number of aryl methyl sites for hydroxylation is 2. The van der Waals surface area contributed by atoms with E-state index in [2.05, 4.69) is 19.0 Å². The van der Waals surface area contributed by atoms with Crippen molar-refractivity contribution < 1.29 is 5.11 Å². The molecule has 2 aromatic rings. The van der Waals surface area contributed by atoms with Crippen molar-refractivity contribution in [2.45, 2.75) is 39.5 Å². The molecule has 0 aromatic heterocycles. The van der Waals surface area contributed by atoms with Gasteiger partial charge >= 0.3 is 0 Å².